The number of carbonyl (C=O) groups is 3. The van der Waals surface area contributed by atoms with Crippen molar-refractivity contribution in [2.45, 2.75) is 113 Å². The molecule has 3 rings (SSSR count). The molecule has 43 heavy (non-hydrogen) atoms. The molecule has 0 aromatic carbocycles. The lowest BCUT2D eigenvalue weighted by atomic mass is 9.94. The fourth-order valence-corrected chi connectivity index (χ4v) is 5.10. The summed E-state index contributed by atoms with van der Waals surface area (Å²) >= 11 is 0. The van der Waals surface area contributed by atoms with Crippen LogP contribution in [0.15, 0.2) is 0 Å². The van der Waals surface area contributed by atoms with Gasteiger partial charge in [0.1, 0.15) is 73.6 Å². The lowest BCUT2D eigenvalue weighted by molar-refractivity contribution is -0.350. The molecular formula is C24H41N3O16. The van der Waals surface area contributed by atoms with E-state index in [9.17, 15) is 50.1 Å². The average molecular weight is 628 g/mol. The van der Waals surface area contributed by atoms with Crippen molar-refractivity contribution in [2.75, 3.05) is 19.8 Å². The van der Waals surface area contributed by atoms with Gasteiger partial charge in [0.2, 0.25) is 11.8 Å². The van der Waals surface area contributed by atoms with Gasteiger partial charge in [0.25, 0.3) is 0 Å². The van der Waals surface area contributed by atoms with Crippen LogP contribution in [0.2, 0.25) is 0 Å². The number of nitrogens with one attached hydrogen (secondary N) is 2. The monoisotopic (exact) mass is 627 g/mol. The minimum atomic E-state index is -1.74. The van der Waals surface area contributed by atoms with Crippen LogP contribution in [-0.4, -0.2) is 165 Å². The van der Waals surface area contributed by atoms with Gasteiger partial charge in [-0.3, -0.25) is 14.4 Å². The highest BCUT2D eigenvalue weighted by Crippen LogP contribution is 2.32. The Morgan fingerprint density at radius 1 is 0.698 bits per heavy atom. The van der Waals surface area contributed by atoms with Crippen molar-refractivity contribution < 1.29 is 78.6 Å². The van der Waals surface area contributed by atoms with Crippen molar-refractivity contribution in [1.29, 1.82) is 0 Å². The van der Waals surface area contributed by atoms with Crippen molar-refractivity contribution >= 4 is 17.8 Å². The number of aliphatic hydroxyl groups is 7. The molecule has 0 saturated carbocycles. The summed E-state index contributed by atoms with van der Waals surface area (Å²) in [5.41, 5.74) is 5.99. The Bertz CT molecular complexity index is 962. The van der Waals surface area contributed by atoms with Gasteiger partial charge >= 0.3 is 5.97 Å². The molecule has 0 spiro atoms. The molecule has 19 nitrogen and oxygen atoms in total. The van der Waals surface area contributed by atoms with Crippen LogP contribution in [-0.2, 0) is 42.8 Å². The minimum Gasteiger partial charge on any atom is -0.463 e. The molecular weight excluding hydrogens is 586 g/mol. The Morgan fingerprint density at radius 2 is 1.19 bits per heavy atom. The number of nitrogens with two attached hydrogens (primary N) is 1. The van der Waals surface area contributed by atoms with E-state index in [1.165, 1.54) is 0 Å². The van der Waals surface area contributed by atoms with Gasteiger partial charge in [0.05, 0.1) is 19.3 Å². The SMILES string of the molecule is CC(=O)N[C@H]1[C@H](O[C@H]2[C@H](O)[C@@H](NC(C)=O)C(O)O[C@@H]2CO)O[C@H](CO)[C@@H](O[C@@H]2O[C@H](COC(C)=O)[C@@H](O)[C@H](O)[C@H]2N)[C@@H]1O. The normalized spacial score (nSPS) is 43.5. The number of hydrogen-bond acceptors (Lipinski definition) is 17. The first-order valence-electron chi connectivity index (χ1n) is 13.5. The number of esters is 1. The molecule has 11 N–H and O–H groups in total. The Hall–Kier alpha value is -2.11. The molecule has 2 amide bonds. The zero-order chi connectivity index (χ0) is 32.2. The van der Waals surface area contributed by atoms with Gasteiger partial charge in [-0.1, -0.05) is 0 Å². The van der Waals surface area contributed by atoms with Gasteiger partial charge in [-0.15, -0.1) is 0 Å². The maximum Gasteiger partial charge on any atom is 0.302 e. The van der Waals surface area contributed by atoms with Crippen molar-refractivity contribution in [3.05, 3.63) is 0 Å². The zero-order valence-corrected chi connectivity index (χ0v) is 23.7. The molecule has 15 atom stereocenters. The van der Waals surface area contributed by atoms with E-state index in [2.05, 4.69) is 10.6 Å². The summed E-state index contributed by atoms with van der Waals surface area (Å²) in [4.78, 5) is 34.9. The zero-order valence-electron chi connectivity index (χ0n) is 23.7. The Labute approximate surface area is 245 Å². The van der Waals surface area contributed by atoms with Crippen LogP contribution < -0.4 is 16.4 Å². The molecule has 19 heteroatoms. The van der Waals surface area contributed by atoms with Crippen molar-refractivity contribution in [3.63, 3.8) is 0 Å². The van der Waals surface area contributed by atoms with Crippen molar-refractivity contribution in [1.82, 2.24) is 10.6 Å². The van der Waals surface area contributed by atoms with Gasteiger partial charge in [-0.05, 0) is 0 Å². The molecule has 3 saturated heterocycles. The molecule has 248 valence electrons. The minimum absolute atomic E-state index is 0.469. The molecule has 0 aliphatic carbocycles. The van der Waals surface area contributed by atoms with Crippen LogP contribution in [0.1, 0.15) is 20.8 Å². The number of rotatable bonds is 10. The van der Waals surface area contributed by atoms with Crippen molar-refractivity contribution in [2.24, 2.45) is 5.73 Å². The first-order valence-corrected chi connectivity index (χ1v) is 13.5. The fraction of sp³-hybridized carbons (Fsp3) is 0.875. The van der Waals surface area contributed by atoms with E-state index < -0.39 is 130 Å². The lowest BCUT2D eigenvalue weighted by Gasteiger charge is -2.49. The summed E-state index contributed by atoms with van der Waals surface area (Å²) in [6, 6.07) is -4.25. The molecule has 3 heterocycles. The van der Waals surface area contributed by atoms with E-state index in [1.54, 1.807) is 0 Å². The first kappa shape index (κ1) is 35.4. The lowest BCUT2D eigenvalue weighted by Crippen LogP contribution is -2.70. The third-order valence-corrected chi connectivity index (χ3v) is 7.25. The van der Waals surface area contributed by atoms with Gasteiger partial charge in [0.15, 0.2) is 18.9 Å². The number of aliphatic hydroxyl groups excluding tert-OH is 7. The van der Waals surface area contributed by atoms with Gasteiger partial charge in [0, 0.05) is 20.8 Å². The standard InChI is InChI=1S/C24H41N3O16/c1-7(30)26-14-18(35)20(10(4-28)39-22(14)37)43-24-15(27-8(2)31)19(36)21(11(5-29)40-24)42-23-13(25)17(34)16(33)12(41-23)6-38-9(3)32/h10-24,28-29,33-37H,4-6,25H2,1-3H3,(H,26,30)(H,27,31)/t10-,11-,12-,13-,14-,15-,16-,17-,18-,19-,20-,21-,22?,23+,24+/m1/s1. The van der Waals surface area contributed by atoms with Crippen LogP contribution in [0.4, 0.5) is 0 Å². The van der Waals surface area contributed by atoms with E-state index in [0.29, 0.717) is 0 Å². The van der Waals surface area contributed by atoms with E-state index in [0.717, 1.165) is 20.8 Å². The number of ether oxygens (including phenoxy) is 6. The van der Waals surface area contributed by atoms with Gasteiger partial charge < -0.3 is 80.5 Å². The van der Waals surface area contributed by atoms with Crippen LogP contribution in [0.5, 0.6) is 0 Å². The van der Waals surface area contributed by atoms with Crippen LogP contribution in [0, 0.1) is 0 Å². The Morgan fingerprint density at radius 3 is 1.72 bits per heavy atom. The highest BCUT2D eigenvalue weighted by Gasteiger charge is 2.54. The van der Waals surface area contributed by atoms with Gasteiger partial charge in [-0.25, -0.2) is 0 Å². The van der Waals surface area contributed by atoms with E-state index >= 15 is 0 Å². The fourth-order valence-electron chi connectivity index (χ4n) is 5.10. The number of carbonyl (C=O) groups excluding carboxylic acids is 3. The second-order valence-electron chi connectivity index (χ2n) is 10.5. The third-order valence-electron chi connectivity index (χ3n) is 7.25. The summed E-state index contributed by atoms with van der Waals surface area (Å²) in [5, 5.41) is 77.9. The molecule has 3 fully saturated rings. The smallest absolute Gasteiger partial charge is 0.302 e. The molecule has 0 bridgehead atoms. The molecule has 1 unspecified atom stereocenters. The topological polar surface area (TPSA) is 298 Å². The second kappa shape index (κ2) is 15.3. The van der Waals surface area contributed by atoms with E-state index in [-0.39, 0.29) is 0 Å². The third kappa shape index (κ3) is 8.34. The van der Waals surface area contributed by atoms with E-state index in [4.69, 9.17) is 34.2 Å². The Kier molecular flexibility index (Phi) is 12.5. The predicted octanol–water partition coefficient (Wildman–Crippen LogP) is -6.75. The summed E-state index contributed by atoms with van der Waals surface area (Å²) in [7, 11) is 0. The largest absolute Gasteiger partial charge is 0.463 e. The van der Waals surface area contributed by atoms with Crippen molar-refractivity contribution in [3.8, 4) is 0 Å². The Balaban J connectivity index is 1.84. The van der Waals surface area contributed by atoms with Gasteiger partial charge in [-0.2, -0.15) is 0 Å². The molecule has 3 aliphatic heterocycles. The maximum absolute atomic E-state index is 12.1. The quantitative estimate of drug-likeness (QED) is 0.101. The highest BCUT2D eigenvalue weighted by molar-refractivity contribution is 5.73. The molecule has 0 radical (unpaired) electrons. The maximum atomic E-state index is 12.1. The number of amides is 2. The summed E-state index contributed by atoms with van der Waals surface area (Å²) in [6.07, 6.45) is -18.6. The van der Waals surface area contributed by atoms with Crippen LogP contribution in [0.3, 0.4) is 0 Å². The van der Waals surface area contributed by atoms with Crippen LogP contribution >= 0.6 is 0 Å². The van der Waals surface area contributed by atoms with Crippen LogP contribution in [0.25, 0.3) is 0 Å². The molecule has 0 aromatic rings. The first-order chi connectivity index (χ1) is 20.2. The predicted molar refractivity (Wildman–Crippen MR) is 136 cm³/mol. The summed E-state index contributed by atoms with van der Waals surface area (Å²) in [5.74, 6) is -1.98. The summed E-state index contributed by atoms with van der Waals surface area (Å²) < 4.78 is 33.2. The molecule has 0 aromatic heterocycles. The van der Waals surface area contributed by atoms with E-state index in [1.807, 2.05) is 0 Å². The molecule has 3 aliphatic rings. The average Bonchev–Trinajstić information content (AvgIpc) is 2.94. The number of hydrogen-bond donors (Lipinski definition) is 10. The second-order valence-corrected chi connectivity index (χ2v) is 10.5. The highest BCUT2D eigenvalue weighted by atomic mass is 16.7. The summed E-state index contributed by atoms with van der Waals surface area (Å²) in [6.45, 7) is 1.33.